The summed E-state index contributed by atoms with van der Waals surface area (Å²) in [7, 11) is 3.74. The molecule has 0 aromatic rings. The van der Waals surface area contributed by atoms with Gasteiger partial charge in [0.05, 0.1) is 18.2 Å². The van der Waals surface area contributed by atoms with Gasteiger partial charge in [-0.25, -0.2) is 0 Å². The van der Waals surface area contributed by atoms with Crippen molar-refractivity contribution in [3.63, 3.8) is 0 Å². The zero-order valence-electron chi connectivity index (χ0n) is 10.1. The molecule has 2 aliphatic rings. The van der Waals surface area contributed by atoms with Gasteiger partial charge in [0.1, 0.15) is 5.76 Å². The summed E-state index contributed by atoms with van der Waals surface area (Å²) in [5.74, 6) is 1.03. The SMILES string of the molecule is CNC(C1=CCCO1)C1(OC)CCOCC1. The van der Waals surface area contributed by atoms with Gasteiger partial charge < -0.3 is 19.5 Å². The lowest BCUT2D eigenvalue weighted by molar-refractivity contribution is -0.109. The highest BCUT2D eigenvalue weighted by molar-refractivity contribution is 5.15. The van der Waals surface area contributed by atoms with E-state index in [0.717, 1.165) is 44.8 Å². The van der Waals surface area contributed by atoms with E-state index < -0.39 is 0 Å². The topological polar surface area (TPSA) is 39.7 Å². The second kappa shape index (κ2) is 5.17. The van der Waals surface area contributed by atoms with Crippen LogP contribution in [0.5, 0.6) is 0 Å². The van der Waals surface area contributed by atoms with Crippen LogP contribution >= 0.6 is 0 Å². The Bertz CT molecular complexity index is 259. The van der Waals surface area contributed by atoms with Gasteiger partial charge in [-0.15, -0.1) is 0 Å². The molecule has 0 bridgehead atoms. The Balaban J connectivity index is 2.15. The van der Waals surface area contributed by atoms with Crippen molar-refractivity contribution in [2.45, 2.75) is 30.9 Å². The van der Waals surface area contributed by atoms with Gasteiger partial charge in [-0.2, -0.15) is 0 Å². The summed E-state index contributed by atoms with van der Waals surface area (Å²) in [6, 6.07) is 0.142. The number of methoxy groups -OCH3 is 1. The van der Waals surface area contributed by atoms with Crippen LogP contribution in [0.4, 0.5) is 0 Å². The van der Waals surface area contributed by atoms with Crippen LogP contribution in [0.3, 0.4) is 0 Å². The van der Waals surface area contributed by atoms with E-state index in [4.69, 9.17) is 14.2 Å². The number of hydrogen-bond donors (Lipinski definition) is 1. The van der Waals surface area contributed by atoms with Crippen LogP contribution in [0, 0.1) is 0 Å². The van der Waals surface area contributed by atoms with E-state index in [1.807, 2.05) is 7.05 Å². The zero-order chi connectivity index (χ0) is 11.4. The van der Waals surface area contributed by atoms with Gasteiger partial charge in [-0.05, 0) is 13.1 Å². The van der Waals surface area contributed by atoms with Gasteiger partial charge in [0.2, 0.25) is 0 Å². The Morgan fingerprint density at radius 3 is 2.62 bits per heavy atom. The molecule has 4 heteroatoms. The fourth-order valence-electron chi connectivity index (χ4n) is 2.63. The molecule has 0 aliphatic carbocycles. The summed E-state index contributed by atoms with van der Waals surface area (Å²) >= 11 is 0. The Morgan fingerprint density at radius 1 is 1.38 bits per heavy atom. The maximum Gasteiger partial charge on any atom is 0.112 e. The van der Waals surface area contributed by atoms with Crippen molar-refractivity contribution in [1.29, 1.82) is 0 Å². The van der Waals surface area contributed by atoms with E-state index in [9.17, 15) is 0 Å². The third kappa shape index (κ3) is 2.10. The van der Waals surface area contributed by atoms with Crippen LogP contribution in [0.1, 0.15) is 19.3 Å². The average molecular weight is 227 g/mol. The van der Waals surface area contributed by atoms with E-state index in [1.165, 1.54) is 0 Å². The monoisotopic (exact) mass is 227 g/mol. The van der Waals surface area contributed by atoms with Gasteiger partial charge in [0.25, 0.3) is 0 Å². The number of rotatable bonds is 4. The summed E-state index contributed by atoms with van der Waals surface area (Å²) in [5.41, 5.74) is -0.177. The first-order valence-corrected chi connectivity index (χ1v) is 5.95. The second-order valence-corrected chi connectivity index (χ2v) is 4.35. The van der Waals surface area contributed by atoms with Gasteiger partial charge in [-0.3, -0.25) is 0 Å². The van der Waals surface area contributed by atoms with Crippen LogP contribution in [-0.4, -0.2) is 45.6 Å². The minimum Gasteiger partial charge on any atom is -0.496 e. The van der Waals surface area contributed by atoms with Crippen molar-refractivity contribution < 1.29 is 14.2 Å². The zero-order valence-corrected chi connectivity index (χ0v) is 10.1. The smallest absolute Gasteiger partial charge is 0.112 e. The predicted octanol–water partition coefficient (Wildman–Crippen LogP) is 1.07. The maximum absolute atomic E-state index is 5.78. The fraction of sp³-hybridized carbons (Fsp3) is 0.833. The average Bonchev–Trinajstić information content (AvgIpc) is 2.85. The molecular formula is C12H21NO3. The number of likely N-dealkylation sites (N-methyl/N-ethyl adjacent to an activating group) is 1. The van der Waals surface area contributed by atoms with Crippen molar-refractivity contribution in [3.8, 4) is 0 Å². The van der Waals surface area contributed by atoms with Gasteiger partial charge in [0.15, 0.2) is 0 Å². The molecule has 0 aromatic heterocycles. The first-order valence-electron chi connectivity index (χ1n) is 5.95. The van der Waals surface area contributed by atoms with Gasteiger partial charge in [-0.1, -0.05) is 0 Å². The highest BCUT2D eigenvalue weighted by Gasteiger charge is 2.43. The summed E-state index contributed by atoms with van der Waals surface area (Å²) < 4.78 is 16.9. The third-order valence-corrected chi connectivity index (χ3v) is 3.58. The molecule has 16 heavy (non-hydrogen) atoms. The molecule has 2 heterocycles. The van der Waals surface area contributed by atoms with Crippen molar-refractivity contribution in [3.05, 3.63) is 11.8 Å². The largest absolute Gasteiger partial charge is 0.496 e. The molecule has 1 saturated heterocycles. The molecule has 2 rings (SSSR count). The van der Waals surface area contributed by atoms with E-state index in [-0.39, 0.29) is 11.6 Å². The van der Waals surface area contributed by atoms with Gasteiger partial charge >= 0.3 is 0 Å². The lowest BCUT2D eigenvalue weighted by Gasteiger charge is -2.42. The molecule has 1 atom stereocenters. The highest BCUT2D eigenvalue weighted by atomic mass is 16.5. The van der Waals surface area contributed by atoms with E-state index in [2.05, 4.69) is 11.4 Å². The van der Waals surface area contributed by atoms with Crippen molar-refractivity contribution in [2.24, 2.45) is 0 Å². The van der Waals surface area contributed by atoms with Crippen LogP contribution in [0.2, 0.25) is 0 Å². The number of nitrogens with one attached hydrogen (secondary N) is 1. The quantitative estimate of drug-likeness (QED) is 0.780. The van der Waals surface area contributed by atoms with E-state index >= 15 is 0 Å². The van der Waals surface area contributed by atoms with Gasteiger partial charge in [0, 0.05) is 39.6 Å². The summed E-state index contributed by atoms with van der Waals surface area (Å²) in [4.78, 5) is 0. The summed E-state index contributed by atoms with van der Waals surface area (Å²) in [5, 5.41) is 3.33. The standard InChI is InChI=1S/C12H21NO3/c1-13-11(10-4-3-7-16-10)12(14-2)5-8-15-9-6-12/h4,11,13H,3,5-9H2,1-2H3. The third-order valence-electron chi connectivity index (χ3n) is 3.58. The Hall–Kier alpha value is -0.580. The minimum absolute atomic E-state index is 0.142. The Kier molecular flexibility index (Phi) is 3.84. The molecule has 0 spiro atoms. The van der Waals surface area contributed by atoms with E-state index in [1.54, 1.807) is 7.11 Å². The molecule has 4 nitrogen and oxygen atoms in total. The van der Waals surface area contributed by atoms with Crippen molar-refractivity contribution >= 4 is 0 Å². The summed E-state index contributed by atoms with van der Waals surface area (Å²) in [6.45, 7) is 2.32. The van der Waals surface area contributed by atoms with Crippen LogP contribution in [0.25, 0.3) is 0 Å². The van der Waals surface area contributed by atoms with Crippen molar-refractivity contribution in [1.82, 2.24) is 5.32 Å². The molecule has 0 radical (unpaired) electrons. The van der Waals surface area contributed by atoms with Crippen LogP contribution in [0.15, 0.2) is 11.8 Å². The molecule has 2 aliphatic heterocycles. The van der Waals surface area contributed by atoms with Crippen LogP contribution < -0.4 is 5.32 Å². The molecule has 1 fully saturated rings. The Morgan fingerprint density at radius 2 is 2.12 bits per heavy atom. The first kappa shape index (κ1) is 11.9. The molecule has 0 saturated carbocycles. The number of ether oxygens (including phenoxy) is 3. The van der Waals surface area contributed by atoms with E-state index in [0.29, 0.717) is 0 Å². The molecule has 92 valence electrons. The lowest BCUT2D eigenvalue weighted by atomic mass is 9.84. The fourth-order valence-corrected chi connectivity index (χ4v) is 2.63. The molecule has 0 amide bonds. The predicted molar refractivity (Wildman–Crippen MR) is 61.3 cm³/mol. The summed E-state index contributed by atoms with van der Waals surface area (Å²) in [6.07, 6.45) is 4.99. The van der Waals surface area contributed by atoms with Crippen molar-refractivity contribution in [2.75, 3.05) is 34.0 Å². The molecule has 1 N–H and O–H groups in total. The molecular weight excluding hydrogens is 206 g/mol. The molecule has 1 unspecified atom stereocenters. The van der Waals surface area contributed by atoms with Crippen LogP contribution in [-0.2, 0) is 14.2 Å². The Labute approximate surface area is 96.9 Å². The minimum atomic E-state index is -0.177. The maximum atomic E-state index is 5.78. The lowest BCUT2D eigenvalue weighted by Crippen LogP contribution is -2.55. The second-order valence-electron chi connectivity index (χ2n) is 4.35. The molecule has 0 aromatic carbocycles. The normalized spacial score (nSPS) is 26.0. The first-order chi connectivity index (χ1) is 7.82. The number of hydrogen-bond acceptors (Lipinski definition) is 4. The highest BCUT2D eigenvalue weighted by Crippen LogP contribution is 2.33.